The van der Waals surface area contributed by atoms with E-state index in [9.17, 15) is 19.5 Å². The van der Waals surface area contributed by atoms with Crippen molar-refractivity contribution in [1.82, 2.24) is 15.4 Å². The van der Waals surface area contributed by atoms with E-state index in [4.69, 9.17) is 0 Å². The molecule has 1 amide bonds. The van der Waals surface area contributed by atoms with Crippen LogP contribution in [0.2, 0.25) is 0 Å². The van der Waals surface area contributed by atoms with Gasteiger partial charge in [-0.1, -0.05) is 36.4 Å². The maximum absolute atomic E-state index is 12.0. The summed E-state index contributed by atoms with van der Waals surface area (Å²) in [7, 11) is 0. The van der Waals surface area contributed by atoms with E-state index < -0.39 is 0 Å². The van der Waals surface area contributed by atoms with Crippen LogP contribution in [0.3, 0.4) is 0 Å². The predicted molar refractivity (Wildman–Crippen MR) is 127 cm³/mol. The number of nitrogens with zero attached hydrogens (tertiary/aromatic N) is 3. The molecule has 2 aromatic carbocycles. The number of carbonyl (C=O) groups is 3. The SMILES string of the molecule is O=C(N/N=C/c1ccccc1O)c1ccncc1.O=Cc1ccccc1C(=O)c1ccncc1. The molecule has 8 heteroatoms. The molecule has 4 rings (SSSR count). The van der Waals surface area contributed by atoms with Gasteiger partial charge in [-0.05, 0) is 36.4 Å². The average molecular weight is 452 g/mol. The minimum atomic E-state index is -0.330. The summed E-state index contributed by atoms with van der Waals surface area (Å²) in [6.07, 6.45) is 8.24. The Labute approximate surface area is 195 Å². The number of amides is 1. The normalized spacial score (nSPS) is 10.1. The number of ketones is 1. The lowest BCUT2D eigenvalue weighted by Crippen LogP contribution is -2.17. The average Bonchev–Trinajstić information content (AvgIpc) is 2.90. The number of pyridine rings is 2. The van der Waals surface area contributed by atoms with Gasteiger partial charge in [0.15, 0.2) is 12.1 Å². The van der Waals surface area contributed by atoms with Crippen LogP contribution in [-0.4, -0.2) is 39.3 Å². The third-order valence-corrected chi connectivity index (χ3v) is 4.52. The van der Waals surface area contributed by atoms with Crippen LogP contribution in [0.15, 0.2) is 103 Å². The van der Waals surface area contributed by atoms with Crippen LogP contribution in [-0.2, 0) is 0 Å². The van der Waals surface area contributed by atoms with Gasteiger partial charge in [-0.3, -0.25) is 24.4 Å². The Kier molecular flexibility index (Phi) is 8.47. The number of rotatable bonds is 6. The fraction of sp³-hybridized carbons (Fsp3) is 0. The third kappa shape index (κ3) is 6.51. The highest BCUT2D eigenvalue weighted by Crippen LogP contribution is 2.13. The molecule has 0 aliphatic heterocycles. The van der Waals surface area contributed by atoms with Crippen LogP contribution in [0, 0.1) is 0 Å². The van der Waals surface area contributed by atoms with Crippen molar-refractivity contribution in [1.29, 1.82) is 0 Å². The zero-order valence-corrected chi connectivity index (χ0v) is 17.9. The van der Waals surface area contributed by atoms with Gasteiger partial charge in [0.25, 0.3) is 5.91 Å². The number of phenolic OH excluding ortho intramolecular Hbond substituents is 1. The minimum Gasteiger partial charge on any atom is -0.507 e. The molecule has 0 radical (unpaired) electrons. The molecular formula is C26H20N4O4. The number of nitrogens with one attached hydrogen (secondary N) is 1. The van der Waals surface area contributed by atoms with Crippen molar-refractivity contribution in [2.24, 2.45) is 5.10 Å². The fourth-order valence-corrected chi connectivity index (χ4v) is 2.79. The molecule has 0 unspecified atom stereocenters. The van der Waals surface area contributed by atoms with Gasteiger partial charge in [-0.15, -0.1) is 0 Å². The van der Waals surface area contributed by atoms with Crippen molar-refractivity contribution in [3.05, 3.63) is 125 Å². The van der Waals surface area contributed by atoms with Crippen molar-refractivity contribution < 1.29 is 19.5 Å². The number of aldehydes is 1. The molecular weight excluding hydrogens is 432 g/mol. The first kappa shape index (κ1) is 23.7. The Morgan fingerprint density at radius 2 is 1.32 bits per heavy atom. The van der Waals surface area contributed by atoms with Crippen LogP contribution in [0.5, 0.6) is 5.75 Å². The van der Waals surface area contributed by atoms with Crippen molar-refractivity contribution in [3.63, 3.8) is 0 Å². The van der Waals surface area contributed by atoms with Gasteiger partial charge in [-0.2, -0.15) is 5.10 Å². The monoisotopic (exact) mass is 452 g/mol. The number of para-hydroxylation sites is 1. The van der Waals surface area contributed by atoms with Crippen LogP contribution in [0.4, 0.5) is 0 Å². The molecule has 0 aliphatic rings. The summed E-state index contributed by atoms with van der Waals surface area (Å²) in [5.74, 6) is -0.381. The first-order chi connectivity index (χ1) is 16.6. The molecule has 4 aromatic rings. The van der Waals surface area contributed by atoms with Gasteiger partial charge >= 0.3 is 0 Å². The van der Waals surface area contributed by atoms with E-state index in [2.05, 4.69) is 20.5 Å². The highest BCUT2D eigenvalue weighted by atomic mass is 16.3. The number of hydrazone groups is 1. The largest absolute Gasteiger partial charge is 0.507 e. The minimum absolute atomic E-state index is 0.111. The molecule has 0 spiro atoms. The van der Waals surface area contributed by atoms with Crippen molar-refractivity contribution in [2.45, 2.75) is 0 Å². The van der Waals surface area contributed by atoms with Gasteiger partial charge < -0.3 is 5.11 Å². The third-order valence-electron chi connectivity index (χ3n) is 4.52. The zero-order chi connectivity index (χ0) is 24.2. The van der Waals surface area contributed by atoms with Crippen molar-refractivity contribution in [2.75, 3.05) is 0 Å². The second-order valence-electron chi connectivity index (χ2n) is 6.76. The Bertz CT molecular complexity index is 1290. The standard InChI is InChI=1S/C13H11N3O2.C13H9NO2/c17-12-4-2-1-3-11(12)9-15-16-13(18)10-5-7-14-8-6-10;15-9-11-3-1-2-4-12(11)13(16)10-5-7-14-8-6-10/h1-9,17H,(H,16,18);1-9H/b15-9+;. The number of hydrogen-bond donors (Lipinski definition) is 2. The summed E-state index contributed by atoms with van der Waals surface area (Å²) in [6.45, 7) is 0. The summed E-state index contributed by atoms with van der Waals surface area (Å²) in [5, 5.41) is 13.3. The van der Waals surface area contributed by atoms with Gasteiger partial charge in [-0.25, -0.2) is 5.43 Å². The van der Waals surface area contributed by atoms with E-state index in [1.165, 1.54) is 18.6 Å². The number of hydrogen-bond acceptors (Lipinski definition) is 7. The maximum Gasteiger partial charge on any atom is 0.271 e. The summed E-state index contributed by atoms with van der Waals surface area (Å²) in [6, 6.07) is 19.9. The number of benzene rings is 2. The first-order valence-electron chi connectivity index (χ1n) is 10.1. The van der Waals surface area contributed by atoms with Gasteiger partial charge in [0.2, 0.25) is 0 Å². The lowest BCUT2D eigenvalue weighted by atomic mass is 10.00. The molecule has 168 valence electrons. The van der Waals surface area contributed by atoms with E-state index in [1.807, 2.05) is 0 Å². The second kappa shape index (κ2) is 12.2. The van der Waals surface area contributed by atoms with Crippen LogP contribution in [0.1, 0.15) is 42.2 Å². The van der Waals surface area contributed by atoms with Crippen LogP contribution >= 0.6 is 0 Å². The van der Waals surface area contributed by atoms with Crippen LogP contribution < -0.4 is 5.43 Å². The van der Waals surface area contributed by atoms with Gasteiger partial charge in [0, 0.05) is 52.6 Å². The van der Waals surface area contributed by atoms with Crippen LogP contribution in [0.25, 0.3) is 0 Å². The van der Waals surface area contributed by atoms with Gasteiger partial charge in [0.1, 0.15) is 5.75 Å². The first-order valence-corrected chi connectivity index (χ1v) is 10.1. The maximum atomic E-state index is 12.0. The lowest BCUT2D eigenvalue weighted by Gasteiger charge is -2.02. The highest BCUT2D eigenvalue weighted by molar-refractivity contribution is 6.12. The fourth-order valence-electron chi connectivity index (χ4n) is 2.79. The Morgan fingerprint density at radius 3 is 1.94 bits per heavy atom. The van der Waals surface area contributed by atoms with E-state index in [0.29, 0.717) is 34.1 Å². The summed E-state index contributed by atoms with van der Waals surface area (Å²) >= 11 is 0. The highest BCUT2D eigenvalue weighted by Gasteiger charge is 2.12. The summed E-state index contributed by atoms with van der Waals surface area (Å²) in [5.41, 5.74) is 4.73. The molecule has 0 bridgehead atoms. The smallest absolute Gasteiger partial charge is 0.271 e. The van der Waals surface area contributed by atoms with Gasteiger partial charge in [0.05, 0.1) is 6.21 Å². The Balaban J connectivity index is 0.000000192. The molecule has 2 N–H and O–H groups in total. The topological polar surface area (TPSA) is 122 Å². The molecule has 2 aromatic heterocycles. The quantitative estimate of drug-likeness (QED) is 0.199. The number of aromatic nitrogens is 2. The van der Waals surface area contributed by atoms with Crippen molar-refractivity contribution >= 4 is 24.2 Å². The van der Waals surface area contributed by atoms with E-state index in [0.717, 1.165) is 0 Å². The molecule has 0 fully saturated rings. The molecule has 34 heavy (non-hydrogen) atoms. The molecule has 0 aliphatic carbocycles. The Morgan fingerprint density at radius 1 is 0.765 bits per heavy atom. The zero-order valence-electron chi connectivity index (χ0n) is 17.9. The van der Waals surface area contributed by atoms with E-state index >= 15 is 0 Å². The summed E-state index contributed by atoms with van der Waals surface area (Å²) < 4.78 is 0. The van der Waals surface area contributed by atoms with E-state index in [-0.39, 0.29) is 17.4 Å². The molecule has 8 nitrogen and oxygen atoms in total. The molecule has 0 saturated carbocycles. The lowest BCUT2D eigenvalue weighted by molar-refractivity contribution is 0.0954. The molecule has 0 saturated heterocycles. The van der Waals surface area contributed by atoms with Crippen molar-refractivity contribution in [3.8, 4) is 5.75 Å². The Hall–Kier alpha value is -4.98. The number of phenols is 1. The number of carbonyl (C=O) groups excluding carboxylic acids is 3. The molecule has 2 heterocycles. The number of aromatic hydroxyl groups is 1. The predicted octanol–water partition coefficient (Wildman–Crippen LogP) is 3.68. The second-order valence-corrected chi connectivity index (χ2v) is 6.76. The summed E-state index contributed by atoms with van der Waals surface area (Å²) in [4.78, 5) is 42.1. The molecule has 0 atom stereocenters. The van der Waals surface area contributed by atoms with E-state index in [1.54, 1.807) is 85.2 Å².